The smallest absolute Gasteiger partial charge is 0.321 e. The Morgan fingerprint density at radius 2 is 2.17 bits per heavy atom. The van der Waals surface area contributed by atoms with E-state index in [-0.39, 0.29) is 5.82 Å². The number of carbonyl (C=O) groups excluding carboxylic acids is 1. The second-order valence-electron chi connectivity index (χ2n) is 5.27. The molecule has 0 saturated carbocycles. The van der Waals surface area contributed by atoms with Crippen LogP contribution < -0.4 is 10.6 Å². The van der Waals surface area contributed by atoms with E-state index >= 15 is 0 Å². The van der Waals surface area contributed by atoms with E-state index < -0.39 is 17.9 Å². The van der Waals surface area contributed by atoms with Crippen molar-refractivity contribution in [2.45, 2.75) is 13.0 Å². The van der Waals surface area contributed by atoms with E-state index in [0.717, 1.165) is 0 Å². The Kier molecular flexibility index (Phi) is 4.28. The molecule has 8 heteroatoms. The van der Waals surface area contributed by atoms with Crippen LogP contribution in [-0.4, -0.2) is 20.7 Å². The molecule has 1 atom stereocenters. The zero-order valence-corrected chi connectivity index (χ0v) is 13.2. The highest BCUT2D eigenvalue weighted by Crippen LogP contribution is 2.23. The topological polar surface area (TPSA) is 85.0 Å². The van der Waals surface area contributed by atoms with Gasteiger partial charge in [-0.1, -0.05) is 23.4 Å². The van der Waals surface area contributed by atoms with Gasteiger partial charge in [-0.15, -0.1) is 0 Å². The first-order valence-electron chi connectivity index (χ1n) is 7.27. The van der Waals surface area contributed by atoms with Crippen LogP contribution in [0.5, 0.6) is 0 Å². The molecule has 7 nitrogen and oxygen atoms in total. The monoisotopic (exact) mass is 329 g/mol. The van der Waals surface area contributed by atoms with Crippen LogP contribution in [0.1, 0.15) is 23.2 Å². The standard InChI is InChI=1S/C16H16FN5O2/c1-10-9-13(21-24-10)19-16(23)20-14(15-18-7-8-22(15)2)11-5-3-4-6-12(11)17/h3-9,14H,1-2H3,(H2,19,20,21,23)/t14-/m0/s1. The van der Waals surface area contributed by atoms with E-state index in [4.69, 9.17) is 4.52 Å². The number of carbonyl (C=O) groups is 1. The molecular formula is C16H16FN5O2. The van der Waals surface area contributed by atoms with Gasteiger partial charge in [0.2, 0.25) is 0 Å². The fourth-order valence-electron chi connectivity index (χ4n) is 2.35. The van der Waals surface area contributed by atoms with Gasteiger partial charge in [0, 0.05) is 31.1 Å². The number of hydrogen-bond donors (Lipinski definition) is 2. The van der Waals surface area contributed by atoms with E-state index in [0.29, 0.717) is 17.1 Å². The number of benzene rings is 1. The van der Waals surface area contributed by atoms with Crippen LogP contribution in [-0.2, 0) is 7.05 Å². The molecule has 2 amide bonds. The van der Waals surface area contributed by atoms with Gasteiger partial charge in [0.25, 0.3) is 0 Å². The van der Waals surface area contributed by atoms with Crippen molar-refractivity contribution in [1.29, 1.82) is 0 Å². The molecule has 2 heterocycles. The maximum atomic E-state index is 14.2. The molecule has 0 bridgehead atoms. The number of halogens is 1. The highest BCUT2D eigenvalue weighted by molar-refractivity contribution is 5.88. The number of nitrogens with zero attached hydrogens (tertiary/aromatic N) is 3. The number of aryl methyl sites for hydroxylation is 2. The number of nitrogens with one attached hydrogen (secondary N) is 2. The molecule has 0 radical (unpaired) electrons. The lowest BCUT2D eigenvalue weighted by atomic mass is 10.1. The molecule has 0 aliphatic heterocycles. The molecule has 24 heavy (non-hydrogen) atoms. The predicted molar refractivity (Wildman–Crippen MR) is 84.8 cm³/mol. The van der Waals surface area contributed by atoms with Gasteiger partial charge < -0.3 is 14.4 Å². The van der Waals surface area contributed by atoms with Crippen LogP contribution in [0, 0.1) is 12.7 Å². The van der Waals surface area contributed by atoms with Gasteiger partial charge in [-0.05, 0) is 13.0 Å². The Bertz CT molecular complexity index is 858. The largest absolute Gasteiger partial charge is 0.360 e. The van der Waals surface area contributed by atoms with Gasteiger partial charge in [-0.25, -0.2) is 14.2 Å². The van der Waals surface area contributed by atoms with Crippen LogP contribution in [0.15, 0.2) is 47.2 Å². The van der Waals surface area contributed by atoms with Crippen molar-refractivity contribution in [3.63, 3.8) is 0 Å². The Morgan fingerprint density at radius 3 is 2.79 bits per heavy atom. The lowest BCUT2D eigenvalue weighted by molar-refractivity contribution is 0.249. The first-order chi connectivity index (χ1) is 11.5. The van der Waals surface area contributed by atoms with Crippen LogP contribution >= 0.6 is 0 Å². The number of rotatable bonds is 4. The van der Waals surface area contributed by atoms with Crippen molar-refractivity contribution in [3.8, 4) is 0 Å². The summed E-state index contributed by atoms with van der Waals surface area (Å²) < 4.78 is 20.8. The van der Waals surface area contributed by atoms with E-state index in [1.165, 1.54) is 6.07 Å². The number of urea groups is 1. The minimum atomic E-state index is -0.751. The van der Waals surface area contributed by atoms with Crippen LogP contribution in [0.2, 0.25) is 0 Å². The maximum absolute atomic E-state index is 14.2. The first-order valence-corrected chi connectivity index (χ1v) is 7.27. The summed E-state index contributed by atoms with van der Waals surface area (Å²) in [6, 6.07) is 6.53. The number of anilines is 1. The molecule has 3 rings (SSSR count). The summed E-state index contributed by atoms with van der Waals surface area (Å²) in [4.78, 5) is 16.5. The van der Waals surface area contributed by atoms with Crippen molar-refractivity contribution in [3.05, 3.63) is 65.7 Å². The van der Waals surface area contributed by atoms with Crippen LogP contribution in [0.4, 0.5) is 15.0 Å². The molecule has 3 aromatic rings. The van der Waals surface area contributed by atoms with E-state index in [2.05, 4.69) is 20.8 Å². The zero-order valence-electron chi connectivity index (χ0n) is 13.2. The highest BCUT2D eigenvalue weighted by Gasteiger charge is 2.23. The summed E-state index contributed by atoms with van der Waals surface area (Å²) >= 11 is 0. The zero-order chi connectivity index (χ0) is 17.1. The number of hydrogen-bond acceptors (Lipinski definition) is 4. The second kappa shape index (κ2) is 6.53. The molecule has 0 aliphatic carbocycles. The Labute approximate surface area is 137 Å². The average molecular weight is 329 g/mol. The van der Waals surface area contributed by atoms with Crippen molar-refractivity contribution in [1.82, 2.24) is 20.0 Å². The SMILES string of the molecule is Cc1cc(NC(=O)N[C@@H](c2ccccc2F)c2nccn2C)no1. The number of aromatic nitrogens is 3. The summed E-state index contributed by atoms with van der Waals surface area (Å²) in [5.74, 6) is 0.923. The molecule has 0 fully saturated rings. The predicted octanol–water partition coefficient (Wildman–Crippen LogP) is 2.77. The average Bonchev–Trinajstić information content (AvgIpc) is 3.14. The van der Waals surface area contributed by atoms with Crippen LogP contribution in [0.25, 0.3) is 0 Å². The van der Waals surface area contributed by atoms with Crippen molar-refractivity contribution in [2.24, 2.45) is 7.05 Å². The summed E-state index contributed by atoms with van der Waals surface area (Å²) in [5.41, 5.74) is 0.318. The van der Waals surface area contributed by atoms with E-state index in [1.807, 2.05) is 0 Å². The maximum Gasteiger partial charge on any atom is 0.321 e. The molecule has 0 unspecified atom stereocenters. The van der Waals surface area contributed by atoms with Crippen molar-refractivity contribution < 1.29 is 13.7 Å². The van der Waals surface area contributed by atoms with Gasteiger partial charge in [0.15, 0.2) is 5.82 Å². The lowest BCUT2D eigenvalue weighted by Gasteiger charge is -2.19. The van der Waals surface area contributed by atoms with Crippen molar-refractivity contribution >= 4 is 11.8 Å². The van der Waals surface area contributed by atoms with Crippen LogP contribution in [0.3, 0.4) is 0 Å². The summed E-state index contributed by atoms with van der Waals surface area (Å²) in [6.45, 7) is 1.71. The lowest BCUT2D eigenvalue weighted by Crippen LogP contribution is -2.35. The fraction of sp³-hybridized carbons (Fsp3) is 0.188. The molecule has 2 N–H and O–H groups in total. The molecule has 2 aromatic heterocycles. The molecule has 0 saturated heterocycles. The summed E-state index contributed by atoms with van der Waals surface area (Å²) in [5, 5.41) is 8.96. The van der Waals surface area contributed by atoms with Gasteiger partial charge >= 0.3 is 6.03 Å². The Hall–Kier alpha value is -3.16. The van der Waals surface area contributed by atoms with Gasteiger partial charge in [-0.3, -0.25) is 5.32 Å². The summed E-state index contributed by atoms with van der Waals surface area (Å²) in [7, 11) is 1.77. The molecule has 0 spiro atoms. The number of amides is 2. The van der Waals surface area contributed by atoms with Gasteiger partial charge in [0.05, 0.1) is 0 Å². The third-order valence-electron chi connectivity index (χ3n) is 3.48. The minimum absolute atomic E-state index is 0.275. The Balaban J connectivity index is 1.87. The first kappa shape index (κ1) is 15.7. The highest BCUT2D eigenvalue weighted by atomic mass is 19.1. The van der Waals surface area contributed by atoms with Gasteiger partial charge in [-0.2, -0.15) is 0 Å². The molecule has 1 aromatic carbocycles. The minimum Gasteiger partial charge on any atom is -0.360 e. The molecule has 0 aliphatic rings. The third kappa shape index (κ3) is 3.27. The quantitative estimate of drug-likeness (QED) is 0.771. The summed E-state index contributed by atoms with van der Waals surface area (Å²) in [6.07, 6.45) is 3.31. The van der Waals surface area contributed by atoms with Crippen molar-refractivity contribution in [2.75, 3.05) is 5.32 Å². The Morgan fingerprint density at radius 1 is 1.38 bits per heavy atom. The molecule has 124 valence electrons. The molecular weight excluding hydrogens is 313 g/mol. The second-order valence-corrected chi connectivity index (χ2v) is 5.27. The van der Waals surface area contributed by atoms with E-state index in [9.17, 15) is 9.18 Å². The van der Waals surface area contributed by atoms with Gasteiger partial charge in [0.1, 0.15) is 23.4 Å². The number of imidazole rings is 1. The fourth-order valence-corrected chi connectivity index (χ4v) is 2.35. The normalized spacial score (nSPS) is 12.0. The third-order valence-corrected chi connectivity index (χ3v) is 3.48. The van der Waals surface area contributed by atoms with E-state index in [1.54, 1.807) is 55.2 Å².